The van der Waals surface area contributed by atoms with Crippen LogP contribution in [0.15, 0.2) is 48.7 Å². The van der Waals surface area contributed by atoms with E-state index in [4.69, 9.17) is 0 Å². The number of aromatic nitrogens is 1. The van der Waals surface area contributed by atoms with Crippen molar-refractivity contribution in [3.8, 4) is 0 Å². The smallest absolute Gasteiger partial charge is 0.253 e. The predicted octanol–water partition coefficient (Wildman–Crippen LogP) is 1.99. The third-order valence-corrected chi connectivity index (χ3v) is 3.84. The van der Waals surface area contributed by atoms with E-state index in [0.29, 0.717) is 23.8 Å². The standard InChI is InChI=1S/C18H21N3O2/c22-12-16(10-13-4-2-1-3-5-13)20-17-9-6-14(11-19-17)18(23)21-15-7-8-15/h1-6,9,11,15-16,22H,7-8,10,12H2,(H,19,20)(H,21,23). The number of aliphatic hydroxyl groups excluding tert-OH is 1. The van der Waals surface area contributed by atoms with Crippen molar-refractivity contribution in [1.29, 1.82) is 0 Å². The number of pyridine rings is 1. The second-order valence-electron chi connectivity index (χ2n) is 5.89. The minimum Gasteiger partial charge on any atom is -0.394 e. The molecule has 0 radical (unpaired) electrons. The van der Waals surface area contributed by atoms with Crippen molar-refractivity contribution >= 4 is 11.7 Å². The number of hydrogen-bond donors (Lipinski definition) is 3. The van der Waals surface area contributed by atoms with Crippen LogP contribution in [0.1, 0.15) is 28.8 Å². The molecule has 2 aromatic rings. The van der Waals surface area contributed by atoms with Crippen molar-refractivity contribution in [2.45, 2.75) is 31.3 Å². The van der Waals surface area contributed by atoms with Gasteiger partial charge >= 0.3 is 0 Å². The normalized spacial score (nSPS) is 15.0. The molecule has 0 saturated heterocycles. The maximum atomic E-state index is 11.9. The van der Waals surface area contributed by atoms with Gasteiger partial charge in [0.05, 0.1) is 18.2 Å². The maximum Gasteiger partial charge on any atom is 0.253 e. The first-order valence-corrected chi connectivity index (χ1v) is 7.93. The number of carbonyl (C=O) groups is 1. The topological polar surface area (TPSA) is 74.2 Å². The highest BCUT2D eigenvalue weighted by Gasteiger charge is 2.23. The van der Waals surface area contributed by atoms with Gasteiger partial charge in [0.1, 0.15) is 5.82 Å². The van der Waals surface area contributed by atoms with Gasteiger partial charge in [0.15, 0.2) is 0 Å². The number of amides is 1. The zero-order valence-electron chi connectivity index (χ0n) is 12.9. The lowest BCUT2D eigenvalue weighted by molar-refractivity contribution is 0.0950. The van der Waals surface area contributed by atoms with Gasteiger partial charge in [-0.1, -0.05) is 30.3 Å². The Kier molecular flexibility index (Phi) is 4.88. The SMILES string of the molecule is O=C(NC1CC1)c1ccc(NC(CO)Cc2ccccc2)nc1. The van der Waals surface area contributed by atoms with Crippen molar-refractivity contribution < 1.29 is 9.90 Å². The monoisotopic (exact) mass is 311 g/mol. The Morgan fingerprint density at radius 3 is 2.61 bits per heavy atom. The Morgan fingerprint density at radius 1 is 1.22 bits per heavy atom. The number of rotatable bonds is 7. The summed E-state index contributed by atoms with van der Waals surface area (Å²) in [5.41, 5.74) is 1.71. The Labute approximate surface area is 135 Å². The second kappa shape index (κ2) is 7.24. The molecular formula is C18H21N3O2. The average molecular weight is 311 g/mol. The van der Waals surface area contributed by atoms with E-state index in [1.54, 1.807) is 18.3 Å². The van der Waals surface area contributed by atoms with Crippen LogP contribution in [-0.4, -0.2) is 34.7 Å². The number of benzene rings is 1. The fourth-order valence-corrected chi connectivity index (χ4v) is 2.38. The molecule has 1 aromatic carbocycles. The van der Waals surface area contributed by atoms with Gasteiger partial charge in [-0.05, 0) is 37.0 Å². The van der Waals surface area contributed by atoms with E-state index < -0.39 is 0 Å². The first-order valence-electron chi connectivity index (χ1n) is 7.93. The molecule has 1 atom stereocenters. The number of nitrogens with one attached hydrogen (secondary N) is 2. The van der Waals surface area contributed by atoms with Gasteiger partial charge in [-0.25, -0.2) is 4.98 Å². The van der Waals surface area contributed by atoms with Crippen LogP contribution in [0.3, 0.4) is 0 Å². The molecule has 3 rings (SSSR count). The lowest BCUT2D eigenvalue weighted by atomic mass is 10.1. The Morgan fingerprint density at radius 2 is 2.00 bits per heavy atom. The van der Waals surface area contributed by atoms with Crippen molar-refractivity contribution in [3.05, 3.63) is 59.8 Å². The highest BCUT2D eigenvalue weighted by molar-refractivity contribution is 5.94. The lowest BCUT2D eigenvalue weighted by Gasteiger charge is -2.17. The highest BCUT2D eigenvalue weighted by atomic mass is 16.3. The molecule has 23 heavy (non-hydrogen) atoms. The third kappa shape index (κ3) is 4.53. The van der Waals surface area contributed by atoms with Crippen LogP contribution in [0.4, 0.5) is 5.82 Å². The number of nitrogens with zero attached hydrogens (tertiary/aromatic N) is 1. The molecular weight excluding hydrogens is 290 g/mol. The Bertz CT molecular complexity index is 639. The van der Waals surface area contributed by atoms with Crippen LogP contribution >= 0.6 is 0 Å². The summed E-state index contributed by atoms with van der Waals surface area (Å²) in [5, 5.41) is 15.7. The molecule has 3 N–H and O–H groups in total. The first kappa shape index (κ1) is 15.5. The zero-order chi connectivity index (χ0) is 16.1. The number of anilines is 1. The Balaban J connectivity index is 1.58. The van der Waals surface area contributed by atoms with E-state index >= 15 is 0 Å². The zero-order valence-corrected chi connectivity index (χ0v) is 12.9. The molecule has 0 spiro atoms. The van der Waals surface area contributed by atoms with Gasteiger partial charge < -0.3 is 15.7 Å². The second-order valence-corrected chi connectivity index (χ2v) is 5.89. The molecule has 0 aliphatic heterocycles. The summed E-state index contributed by atoms with van der Waals surface area (Å²) in [4.78, 5) is 16.2. The molecule has 5 heteroatoms. The average Bonchev–Trinajstić information content (AvgIpc) is 3.40. The van der Waals surface area contributed by atoms with E-state index in [-0.39, 0.29) is 18.6 Å². The van der Waals surface area contributed by atoms with Crippen molar-refractivity contribution in [3.63, 3.8) is 0 Å². The van der Waals surface area contributed by atoms with Crippen molar-refractivity contribution in [2.75, 3.05) is 11.9 Å². The summed E-state index contributed by atoms with van der Waals surface area (Å²) >= 11 is 0. The van der Waals surface area contributed by atoms with Crippen LogP contribution in [-0.2, 0) is 6.42 Å². The molecule has 0 bridgehead atoms. The number of carbonyl (C=O) groups excluding carboxylic acids is 1. The van der Waals surface area contributed by atoms with Gasteiger partial charge in [0.2, 0.25) is 0 Å². The van der Waals surface area contributed by atoms with Crippen molar-refractivity contribution in [1.82, 2.24) is 10.3 Å². The fourth-order valence-electron chi connectivity index (χ4n) is 2.38. The van der Waals surface area contributed by atoms with Crippen molar-refractivity contribution in [2.24, 2.45) is 0 Å². The number of hydrogen-bond acceptors (Lipinski definition) is 4. The van der Waals surface area contributed by atoms with Gasteiger partial charge in [-0.15, -0.1) is 0 Å². The van der Waals surface area contributed by atoms with Gasteiger partial charge in [-0.3, -0.25) is 4.79 Å². The summed E-state index contributed by atoms with van der Waals surface area (Å²) in [6.07, 6.45) is 4.41. The Hall–Kier alpha value is -2.40. The molecule has 5 nitrogen and oxygen atoms in total. The van der Waals surface area contributed by atoms with Crippen LogP contribution in [0.5, 0.6) is 0 Å². The van der Waals surface area contributed by atoms with E-state index in [2.05, 4.69) is 15.6 Å². The van der Waals surface area contributed by atoms with E-state index in [1.165, 1.54) is 0 Å². The molecule has 1 heterocycles. The quantitative estimate of drug-likeness (QED) is 0.731. The summed E-state index contributed by atoms with van der Waals surface area (Å²) in [6.45, 7) is 0.0144. The summed E-state index contributed by atoms with van der Waals surface area (Å²) in [5.74, 6) is 0.581. The van der Waals surface area contributed by atoms with E-state index in [0.717, 1.165) is 18.4 Å². The third-order valence-electron chi connectivity index (χ3n) is 3.84. The maximum absolute atomic E-state index is 11.9. The van der Waals surface area contributed by atoms with Crippen LogP contribution in [0, 0.1) is 0 Å². The minimum atomic E-state index is -0.115. The molecule has 1 aliphatic rings. The first-order chi connectivity index (χ1) is 11.2. The molecule has 1 saturated carbocycles. The van der Waals surface area contributed by atoms with Crippen LogP contribution in [0.25, 0.3) is 0 Å². The number of aliphatic hydroxyl groups is 1. The summed E-state index contributed by atoms with van der Waals surface area (Å²) in [6, 6.07) is 13.7. The summed E-state index contributed by atoms with van der Waals surface area (Å²) in [7, 11) is 0. The van der Waals surface area contributed by atoms with E-state index in [9.17, 15) is 9.90 Å². The van der Waals surface area contributed by atoms with Crippen LogP contribution in [0.2, 0.25) is 0 Å². The van der Waals surface area contributed by atoms with Gasteiger partial charge in [0, 0.05) is 12.2 Å². The largest absolute Gasteiger partial charge is 0.394 e. The van der Waals surface area contributed by atoms with Crippen LogP contribution < -0.4 is 10.6 Å². The molecule has 1 amide bonds. The fraction of sp³-hybridized carbons (Fsp3) is 0.333. The van der Waals surface area contributed by atoms with E-state index in [1.807, 2.05) is 30.3 Å². The molecule has 120 valence electrons. The minimum absolute atomic E-state index is 0.0144. The lowest BCUT2D eigenvalue weighted by Crippen LogP contribution is -2.27. The van der Waals surface area contributed by atoms with Gasteiger partial charge in [0.25, 0.3) is 5.91 Å². The molecule has 1 aromatic heterocycles. The molecule has 1 aliphatic carbocycles. The molecule has 1 unspecified atom stereocenters. The predicted molar refractivity (Wildman–Crippen MR) is 89.4 cm³/mol. The molecule has 1 fully saturated rings. The highest BCUT2D eigenvalue weighted by Crippen LogP contribution is 2.19. The summed E-state index contributed by atoms with van der Waals surface area (Å²) < 4.78 is 0. The van der Waals surface area contributed by atoms with Gasteiger partial charge in [-0.2, -0.15) is 0 Å².